The first-order valence-electron chi connectivity index (χ1n) is 15.6. The normalized spacial score (nSPS) is 20.7. The molecule has 44 heavy (non-hydrogen) atoms. The molecule has 3 aliphatic rings. The third-order valence-corrected chi connectivity index (χ3v) is 10.4. The fourth-order valence-corrected chi connectivity index (χ4v) is 7.90. The number of ether oxygens (including phenoxy) is 1. The van der Waals surface area contributed by atoms with Crippen molar-refractivity contribution in [3.05, 3.63) is 65.9 Å². The van der Waals surface area contributed by atoms with Crippen LogP contribution in [-0.4, -0.2) is 82.8 Å². The molecule has 0 radical (unpaired) electrons. The molecule has 3 aliphatic heterocycles. The van der Waals surface area contributed by atoms with E-state index in [4.69, 9.17) is 14.7 Å². The highest BCUT2D eigenvalue weighted by Gasteiger charge is 2.33. The minimum atomic E-state index is -0.233. The predicted molar refractivity (Wildman–Crippen MR) is 177 cm³/mol. The zero-order valence-corrected chi connectivity index (χ0v) is 26.6. The largest absolute Gasteiger partial charge is 0.452 e. The maximum Gasteiger partial charge on any atom is 0.319 e. The van der Waals surface area contributed by atoms with E-state index in [1.54, 1.807) is 16.7 Å². The second kappa shape index (κ2) is 13.4. The van der Waals surface area contributed by atoms with Gasteiger partial charge in [-0.25, -0.2) is 0 Å². The van der Waals surface area contributed by atoms with E-state index in [9.17, 15) is 10.1 Å². The van der Waals surface area contributed by atoms with Crippen molar-refractivity contribution in [1.29, 1.82) is 5.26 Å². The highest BCUT2D eigenvalue weighted by atomic mass is 32.2. The number of hydrogen-bond acceptors (Lipinski definition) is 9. The molecule has 9 nitrogen and oxygen atoms in total. The van der Waals surface area contributed by atoms with Gasteiger partial charge in [-0.05, 0) is 69.3 Å². The standard InChI is InChI=1S/C34H41N7O2S/c1-4-30(42)41-20-19-40(21-26(41)15-16-35)33-27-12-7-18-39(29-13-6-11-25-10-5-9-24(2)32(25)29)22-28(27)36-34(37-33)43-23-44-31-14-8-17-38(31)3/h4-6,9-11,13,26,31H,1,7-8,12,14-15,17-23H2,2-3H3/t26-,31-/m1/s1. The van der Waals surface area contributed by atoms with Crippen molar-refractivity contribution < 1.29 is 9.53 Å². The first kappa shape index (κ1) is 30.2. The molecule has 230 valence electrons. The lowest BCUT2D eigenvalue weighted by Gasteiger charge is -2.41. The van der Waals surface area contributed by atoms with E-state index in [0.717, 1.165) is 49.4 Å². The van der Waals surface area contributed by atoms with Gasteiger partial charge in [0.1, 0.15) is 11.8 Å². The zero-order chi connectivity index (χ0) is 30.6. The van der Waals surface area contributed by atoms with Gasteiger partial charge in [-0.15, -0.1) is 11.8 Å². The molecule has 0 aliphatic carbocycles. The van der Waals surface area contributed by atoms with Crippen molar-refractivity contribution in [3.63, 3.8) is 0 Å². The van der Waals surface area contributed by atoms with Crippen LogP contribution in [-0.2, 0) is 17.8 Å². The van der Waals surface area contributed by atoms with Crippen LogP contribution in [0.4, 0.5) is 11.5 Å². The zero-order valence-electron chi connectivity index (χ0n) is 25.7. The van der Waals surface area contributed by atoms with Crippen LogP contribution in [0.1, 0.15) is 42.5 Å². The summed E-state index contributed by atoms with van der Waals surface area (Å²) in [6, 6.07) is 15.4. The summed E-state index contributed by atoms with van der Waals surface area (Å²) in [5.74, 6) is 1.22. The number of benzene rings is 2. The number of carbonyl (C=O) groups excluding carboxylic acids is 1. The number of likely N-dealkylation sites (tertiary alicyclic amines) is 1. The van der Waals surface area contributed by atoms with Crippen molar-refractivity contribution in [1.82, 2.24) is 19.8 Å². The van der Waals surface area contributed by atoms with Crippen LogP contribution in [0.15, 0.2) is 49.1 Å². The van der Waals surface area contributed by atoms with Gasteiger partial charge >= 0.3 is 6.01 Å². The summed E-state index contributed by atoms with van der Waals surface area (Å²) in [6.45, 7) is 10.2. The topological polar surface area (TPSA) is 88.8 Å². The maximum atomic E-state index is 12.6. The third-order valence-electron chi connectivity index (χ3n) is 9.15. The van der Waals surface area contributed by atoms with Crippen LogP contribution in [0.25, 0.3) is 10.8 Å². The summed E-state index contributed by atoms with van der Waals surface area (Å²) in [5, 5.41) is 12.5. The minimum Gasteiger partial charge on any atom is -0.452 e. The summed E-state index contributed by atoms with van der Waals surface area (Å²) < 4.78 is 6.27. The summed E-state index contributed by atoms with van der Waals surface area (Å²) in [7, 11) is 2.17. The molecule has 2 aromatic carbocycles. The number of rotatable bonds is 8. The molecule has 0 bridgehead atoms. The first-order valence-corrected chi connectivity index (χ1v) is 16.6. The molecule has 3 aromatic rings. The molecule has 1 amide bonds. The van der Waals surface area contributed by atoms with E-state index in [2.05, 4.69) is 77.7 Å². The van der Waals surface area contributed by atoms with Gasteiger partial charge in [-0.2, -0.15) is 15.2 Å². The Morgan fingerprint density at radius 1 is 1.14 bits per heavy atom. The number of nitriles is 1. The monoisotopic (exact) mass is 611 g/mol. The molecule has 10 heteroatoms. The molecule has 0 saturated carbocycles. The Balaban J connectivity index is 1.34. The Labute approximate surface area is 264 Å². The molecule has 2 atom stereocenters. The van der Waals surface area contributed by atoms with E-state index < -0.39 is 0 Å². The molecule has 1 aromatic heterocycles. The SMILES string of the molecule is C=CC(=O)N1CCN(c2nc(OCS[C@@H]3CCCN3C)nc3c2CCCN(c2cccc4cccc(C)c24)C3)C[C@H]1CC#N. The first-order chi connectivity index (χ1) is 21.5. The number of aryl methyl sites for hydroxylation is 1. The summed E-state index contributed by atoms with van der Waals surface area (Å²) in [6.07, 6.45) is 5.78. The van der Waals surface area contributed by atoms with E-state index in [1.165, 1.54) is 34.5 Å². The Hall–Kier alpha value is -3.81. The predicted octanol–water partition coefficient (Wildman–Crippen LogP) is 5.13. The van der Waals surface area contributed by atoms with E-state index >= 15 is 0 Å². The number of amides is 1. The summed E-state index contributed by atoms with van der Waals surface area (Å²) >= 11 is 1.79. The molecule has 0 N–H and O–H groups in total. The number of aromatic nitrogens is 2. The van der Waals surface area contributed by atoms with Gasteiger partial charge in [0.05, 0.1) is 36.1 Å². The molecule has 4 heterocycles. The van der Waals surface area contributed by atoms with Crippen LogP contribution >= 0.6 is 11.8 Å². The van der Waals surface area contributed by atoms with Crippen molar-refractivity contribution in [2.45, 2.75) is 57.0 Å². The quantitative estimate of drug-likeness (QED) is 0.254. The van der Waals surface area contributed by atoms with Crippen molar-refractivity contribution in [3.8, 4) is 12.1 Å². The van der Waals surface area contributed by atoms with Gasteiger partial charge < -0.3 is 19.4 Å². The fourth-order valence-electron chi connectivity index (χ4n) is 6.88. The number of nitrogens with zero attached hydrogens (tertiary/aromatic N) is 7. The van der Waals surface area contributed by atoms with Gasteiger partial charge in [0.25, 0.3) is 0 Å². The number of fused-ring (bicyclic) bond motifs is 2. The van der Waals surface area contributed by atoms with Crippen LogP contribution in [0.2, 0.25) is 0 Å². The molecule has 6 rings (SSSR count). The van der Waals surface area contributed by atoms with Gasteiger partial charge in [0.15, 0.2) is 0 Å². The smallest absolute Gasteiger partial charge is 0.319 e. The van der Waals surface area contributed by atoms with E-state index in [-0.39, 0.29) is 18.4 Å². The van der Waals surface area contributed by atoms with Crippen molar-refractivity contribution >= 4 is 39.9 Å². The average molecular weight is 612 g/mol. The highest BCUT2D eigenvalue weighted by Crippen LogP contribution is 2.36. The lowest BCUT2D eigenvalue weighted by Crippen LogP contribution is -2.55. The third kappa shape index (κ3) is 6.21. The second-order valence-corrected chi connectivity index (χ2v) is 13.0. The van der Waals surface area contributed by atoms with Crippen molar-refractivity contribution in [2.75, 3.05) is 55.5 Å². The van der Waals surface area contributed by atoms with Crippen LogP contribution in [0.5, 0.6) is 6.01 Å². The average Bonchev–Trinajstić information content (AvgIpc) is 3.32. The van der Waals surface area contributed by atoms with Gasteiger partial charge in [-0.3, -0.25) is 9.69 Å². The Morgan fingerprint density at radius 3 is 2.75 bits per heavy atom. The lowest BCUT2D eigenvalue weighted by atomic mass is 10.0. The van der Waals surface area contributed by atoms with Crippen LogP contribution in [0, 0.1) is 18.3 Å². The Bertz CT molecular complexity index is 1570. The second-order valence-electron chi connectivity index (χ2n) is 11.9. The molecule has 2 fully saturated rings. The molecular weight excluding hydrogens is 570 g/mol. The number of thioether (sulfide) groups is 1. The lowest BCUT2D eigenvalue weighted by molar-refractivity contribution is -0.128. The van der Waals surface area contributed by atoms with Crippen LogP contribution < -0.4 is 14.5 Å². The summed E-state index contributed by atoms with van der Waals surface area (Å²) in [5.41, 5.74) is 4.61. The van der Waals surface area contributed by atoms with E-state index in [1.807, 2.05) is 0 Å². The number of hydrogen-bond donors (Lipinski definition) is 0. The highest BCUT2D eigenvalue weighted by molar-refractivity contribution is 7.99. The van der Waals surface area contributed by atoms with Gasteiger partial charge in [0, 0.05) is 42.8 Å². The van der Waals surface area contributed by atoms with Crippen molar-refractivity contribution in [2.24, 2.45) is 0 Å². The molecule has 2 saturated heterocycles. The molecule has 0 unspecified atom stereocenters. The summed E-state index contributed by atoms with van der Waals surface area (Å²) in [4.78, 5) is 31.5. The number of anilines is 2. The fraction of sp³-hybridized carbons (Fsp3) is 0.471. The number of carbonyl (C=O) groups is 1. The van der Waals surface area contributed by atoms with Gasteiger partial charge in [-0.1, -0.05) is 36.9 Å². The Morgan fingerprint density at radius 2 is 1.98 bits per heavy atom. The molecule has 0 spiro atoms. The Kier molecular flexibility index (Phi) is 9.24. The number of piperazine rings is 1. The van der Waals surface area contributed by atoms with Crippen LogP contribution in [0.3, 0.4) is 0 Å². The van der Waals surface area contributed by atoms with E-state index in [0.29, 0.717) is 43.5 Å². The maximum absolute atomic E-state index is 12.6. The molecular formula is C34H41N7O2S. The van der Waals surface area contributed by atoms with Gasteiger partial charge in [0.2, 0.25) is 5.91 Å². The minimum absolute atomic E-state index is 0.134.